The lowest BCUT2D eigenvalue weighted by molar-refractivity contribution is -0.301. The van der Waals surface area contributed by atoms with Crippen LogP contribution < -0.4 is 5.11 Å². The number of hydrogen-bond donors (Lipinski definition) is 1. The zero-order valence-electron chi connectivity index (χ0n) is 16.4. The highest BCUT2D eigenvalue weighted by atomic mass is 32.2. The fraction of sp³-hybridized carbons (Fsp3) is 0.429. The number of H-pyrrole nitrogens is 1. The predicted octanol–water partition coefficient (Wildman–Crippen LogP) is 3.09. The summed E-state index contributed by atoms with van der Waals surface area (Å²) in [6.07, 6.45) is 10.4. The highest BCUT2D eigenvalue weighted by Crippen LogP contribution is 2.33. The number of aromatic amines is 1. The van der Waals surface area contributed by atoms with Gasteiger partial charge in [-0.1, -0.05) is 56.1 Å². The number of carbonyl (C=O) groups excluding carboxylic acids is 1. The number of thioether (sulfide) groups is 1. The number of aromatic nitrogens is 4. The van der Waals surface area contributed by atoms with Gasteiger partial charge in [0.25, 0.3) is 0 Å². The minimum atomic E-state index is -1.13. The summed E-state index contributed by atoms with van der Waals surface area (Å²) < 4.78 is 1.71. The molecule has 0 unspecified atom stereocenters. The number of hydrogen-bond acceptors (Lipinski definition) is 6. The molecule has 4 rings (SSSR count). The molecule has 0 atom stereocenters. The van der Waals surface area contributed by atoms with Crippen molar-refractivity contribution in [1.82, 2.24) is 19.9 Å². The fourth-order valence-electron chi connectivity index (χ4n) is 3.97. The Bertz CT molecular complexity index is 1030. The van der Waals surface area contributed by atoms with Gasteiger partial charge in [-0.2, -0.15) is 9.78 Å². The molecule has 29 heavy (non-hydrogen) atoms. The minimum absolute atomic E-state index is 0.175. The Balaban J connectivity index is 1.69. The molecule has 1 fully saturated rings. The second kappa shape index (κ2) is 8.82. The van der Waals surface area contributed by atoms with Gasteiger partial charge in [-0.3, -0.25) is 0 Å². The molecule has 1 aliphatic rings. The Morgan fingerprint density at radius 2 is 2.17 bits per heavy atom. The lowest BCUT2D eigenvalue weighted by Gasteiger charge is -2.20. The molecule has 0 radical (unpaired) electrons. The molecule has 1 aliphatic carbocycles. The number of aliphatic carboxylic acids is 1. The summed E-state index contributed by atoms with van der Waals surface area (Å²) in [5, 5.41) is 25.8. The van der Waals surface area contributed by atoms with Crippen LogP contribution in [-0.2, 0) is 11.2 Å². The summed E-state index contributed by atoms with van der Waals surface area (Å²) in [5.74, 6) is -0.182. The van der Waals surface area contributed by atoms with E-state index in [2.05, 4.69) is 45.4 Å². The maximum absolute atomic E-state index is 10.9. The lowest BCUT2D eigenvalue weighted by atomic mass is 9.89. The molecule has 0 bridgehead atoms. The van der Waals surface area contributed by atoms with Crippen molar-refractivity contribution < 1.29 is 9.90 Å². The van der Waals surface area contributed by atoms with E-state index < -0.39 is 5.97 Å². The molecular weight excluding hydrogens is 386 g/mol. The van der Waals surface area contributed by atoms with Crippen LogP contribution in [0.4, 0.5) is 0 Å². The van der Waals surface area contributed by atoms with Gasteiger partial charge in [0, 0.05) is 34.3 Å². The van der Waals surface area contributed by atoms with Gasteiger partial charge >= 0.3 is 0 Å². The normalized spacial score (nSPS) is 15.5. The minimum Gasteiger partial charge on any atom is -0.549 e. The summed E-state index contributed by atoms with van der Waals surface area (Å²) in [6.45, 7) is 2.14. The Kier molecular flexibility index (Phi) is 5.99. The highest BCUT2D eigenvalue weighted by molar-refractivity contribution is 7.99. The quantitative estimate of drug-likeness (QED) is 0.477. The van der Waals surface area contributed by atoms with Crippen molar-refractivity contribution in [3.63, 3.8) is 0 Å². The molecule has 0 amide bonds. The molecule has 8 heteroatoms. The van der Waals surface area contributed by atoms with E-state index in [1.165, 1.54) is 24.8 Å². The van der Waals surface area contributed by atoms with Crippen LogP contribution in [0.25, 0.3) is 10.9 Å². The van der Waals surface area contributed by atoms with Gasteiger partial charge in [0.05, 0.1) is 12.2 Å². The van der Waals surface area contributed by atoms with E-state index in [0.29, 0.717) is 11.1 Å². The second-order valence-electron chi connectivity index (χ2n) is 7.33. The van der Waals surface area contributed by atoms with E-state index >= 15 is 0 Å². The summed E-state index contributed by atoms with van der Waals surface area (Å²) >= 11 is 1.09. The molecule has 152 valence electrons. The fourth-order valence-corrected chi connectivity index (χ4v) is 4.58. The first-order valence-corrected chi connectivity index (χ1v) is 11.1. The number of para-hydroxylation sites is 1. The molecule has 3 aromatic rings. The molecule has 0 spiro atoms. The van der Waals surface area contributed by atoms with Crippen molar-refractivity contribution in [2.45, 2.75) is 56.5 Å². The number of nitrogens with zero attached hydrogens (tertiary/aromatic N) is 4. The number of aryl methyl sites for hydroxylation is 1. The Labute approximate surface area is 173 Å². The Morgan fingerprint density at radius 1 is 1.34 bits per heavy atom. The summed E-state index contributed by atoms with van der Waals surface area (Å²) in [7, 11) is 0. The first-order valence-electron chi connectivity index (χ1n) is 10.1. The van der Waals surface area contributed by atoms with Gasteiger partial charge in [0.2, 0.25) is 5.16 Å². The average Bonchev–Trinajstić information content (AvgIpc) is 3.35. The number of carboxylic acid groups (broad SMARTS) is 1. The number of rotatable bonds is 7. The van der Waals surface area contributed by atoms with Crippen molar-refractivity contribution >= 4 is 34.8 Å². The largest absolute Gasteiger partial charge is 0.549 e. The van der Waals surface area contributed by atoms with Gasteiger partial charge in [0.1, 0.15) is 0 Å². The average molecular weight is 411 g/mol. The van der Waals surface area contributed by atoms with Gasteiger partial charge in [-0.15, -0.1) is 10.2 Å². The molecule has 7 nitrogen and oxygen atoms in total. The monoisotopic (exact) mass is 410 g/mol. The second-order valence-corrected chi connectivity index (χ2v) is 8.27. The molecule has 1 N–H and O–H groups in total. The summed E-state index contributed by atoms with van der Waals surface area (Å²) in [4.78, 5) is 14.3. The van der Waals surface area contributed by atoms with Gasteiger partial charge in [0.15, 0.2) is 5.82 Å². The van der Waals surface area contributed by atoms with Gasteiger partial charge in [-0.05, 0) is 24.8 Å². The van der Waals surface area contributed by atoms with Crippen LogP contribution in [-0.4, -0.2) is 37.8 Å². The van der Waals surface area contributed by atoms with E-state index in [0.717, 1.165) is 53.3 Å². The summed E-state index contributed by atoms with van der Waals surface area (Å²) in [6, 6.07) is 6.25. The van der Waals surface area contributed by atoms with Crippen molar-refractivity contribution in [2.75, 3.05) is 5.75 Å². The zero-order chi connectivity index (χ0) is 20.2. The third-order valence-corrected chi connectivity index (χ3v) is 6.35. The number of carboxylic acids is 1. The third kappa shape index (κ3) is 4.22. The van der Waals surface area contributed by atoms with Gasteiger partial charge < -0.3 is 14.9 Å². The zero-order valence-corrected chi connectivity index (χ0v) is 17.2. The van der Waals surface area contributed by atoms with Crippen LogP contribution >= 0.6 is 11.8 Å². The number of carbonyl (C=O) groups is 1. The van der Waals surface area contributed by atoms with Crippen molar-refractivity contribution in [3.8, 4) is 0 Å². The molecule has 0 saturated heterocycles. The Hall–Kier alpha value is -2.61. The molecular formula is C21H24N5O2S-. The number of nitrogens with one attached hydrogen (secondary N) is 1. The summed E-state index contributed by atoms with van der Waals surface area (Å²) in [5.41, 5.74) is 3.37. The van der Waals surface area contributed by atoms with Crippen LogP contribution in [0.1, 0.15) is 61.9 Å². The van der Waals surface area contributed by atoms with E-state index in [9.17, 15) is 9.90 Å². The van der Waals surface area contributed by atoms with E-state index in [1.54, 1.807) is 10.9 Å². The molecule has 2 heterocycles. The third-order valence-electron chi connectivity index (χ3n) is 5.45. The smallest absolute Gasteiger partial charge is 0.212 e. The van der Waals surface area contributed by atoms with Crippen molar-refractivity contribution in [3.05, 3.63) is 41.3 Å². The van der Waals surface area contributed by atoms with Crippen LogP contribution in [0.5, 0.6) is 0 Å². The van der Waals surface area contributed by atoms with E-state index in [-0.39, 0.29) is 5.75 Å². The van der Waals surface area contributed by atoms with Crippen LogP contribution in [0.15, 0.2) is 34.7 Å². The highest BCUT2D eigenvalue weighted by Gasteiger charge is 2.23. The van der Waals surface area contributed by atoms with Gasteiger partial charge in [-0.25, -0.2) is 0 Å². The molecule has 0 aliphatic heterocycles. The standard InChI is InChI=1S/C21H25N5O2S/c1-2-14-9-6-10-17-16(11-22-19(14)17)12-23-26-20(15-7-4-3-5-8-15)24-25-21(26)29-13-18(27)28/h6,9-12,15,22H,2-5,7-8,13H2,1H3,(H,27,28)/p-1/b23-12+. The van der Waals surface area contributed by atoms with Crippen molar-refractivity contribution in [2.24, 2.45) is 5.10 Å². The molecule has 1 saturated carbocycles. The number of benzene rings is 1. The van der Waals surface area contributed by atoms with Crippen LogP contribution in [0.3, 0.4) is 0 Å². The van der Waals surface area contributed by atoms with E-state index in [4.69, 9.17) is 0 Å². The SMILES string of the molecule is CCc1cccc2c(/C=N/n3c(SCC(=O)[O-])nnc3C3CCCCC3)c[nH]c12. The topological polar surface area (TPSA) is 99.0 Å². The number of fused-ring (bicyclic) bond motifs is 1. The first kappa shape index (κ1) is 19.7. The van der Waals surface area contributed by atoms with E-state index in [1.807, 2.05) is 6.20 Å². The first-order chi connectivity index (χ1) is 14.2. The predicted molar refractivity (Wildman–Crippen MR) is 112 cm³/mol. The molecule has 2 aromatic heterocycles. The lowest BCUT2D eigenvalue weighted by Crippen LogP contribution is -2.24. The maximum atomic E-state index is 10.9. The Morgan fingerprint density at radius 3 is 2.93 bits per heavy atom. The van der Waals surface area contributed by atoms with Crippen molar-refractivity contribution in [1.29, 1.82) is 0 Å². The van der Waals surface area contributed by atoms with Crippen LogP contribution in [0.2, 0.25) is 0 Å². The molecule has 1 aromatic carbocycles. The van der Waals surface area contributed by atoms with Crippen LogP contribution in [0, 0.1) is 0 Å². The maximum Gasteiger partial charge on any atom is 0.212 e.